The highest BCUT2D eigenvalue weighted by Gasteiger charge is 2.31. The van der Waals surface area contributed by atoms with Crippen LogP contribution < -0.4 is 9.64 Å². The molecule has 6 nitrogen and oxygen atoms in total. The summed E-state index contributed by atoms with van der Waals surface area (Å²) in [5, 5.41) is 9.31. The van der Waals surface area contributed by atoms with Gasteiger partial charge in [-0.2, -0.15) is 13.2 Å². The number of anilines is 1. The molecule has 2 aromatic carbocycles. The average molecular weight is 408 g/mol. The number of aromatic carboxylic acids is 1. The highest BCUT2D eigenvalue weighted by atomic mass is 19.4. The van der Waals surface area contributed by atoms with Crippen LogP contribution in [0.5, 0.6) is 5.75 Å². The van der Waals surface area contributed by atoms with E-state index in [1.807, 2.05) is 4.90 Å². The molecule has 0 spiro atoms. The second-order valence-corrected chi connectivity index (χ2v) is 6.50. The molecule has 0 radical (unpaired) electrons. The molecule has 0 saturated carbocycles. The summed E-state index contributed by atoms with van der Waals surface area (Å²) in [5.41, 5.74) is -0.0550. The predicted octanol–water partition coefficient (Wildman–Crippen LogP) is 3.13. The smallest absolute Gasteiger partial charge is 0.416 e. The van der Waals surface area contributed by atoms with Gasteiger partial charge < -0.3 is 19.6 Å². The Morgan fingerprint density at radius 3 is 2.34 bits per heavy atom. The molecular formula is C20H19F3N2O4. The topological polar surface area (TPSA) is 70.1 Å². The van der Waals surface area contributed by atoms with Gasteiger partial charge in [0.25, 0.3) is 5.91 Å². The maximum absolute atomic E-state index is 12.7. The molecule has 3 rings (SSSR count). The Kier molecular flexibility index (Phi) is 5.95. The van der Waals surface area contributed by atoms with Gasteiger partial charge in [0.1, 0.15) is 5.75 Å². The van der Waals surface area contributed by atoms with Crippen LogP contribution in [0.2, 0.25) is 0 Å². The van der Waals surface area contributed by atoms with Crippen molar-refractivity contribution in [2.75, 3.05) is 37.7 Å². The number of para-hydroxylation sites is 1. The summed E-state index contributed by atoms with van der Waals surface area (Å²) >= 11 is 0. The Morgan fingerprint density at radius 1 is 1.00 bits per heavy atom. The van der Waals surface area contributed by atoms with Gasteiger partial charge in [0.05, 0.1) is 16.8 Å². The molecule has 0 atom stereocenters. The van der Waals surface area contributed by atoms with Crippen molar-refractivity contribution in [2.45, 2.75) is 6.18 Å². The first-order chi connectivity index (χ1) is 13.8. The molecular weight excluding hydrogens is 389 g/mol. The average Bonchev–Trinajstić information content (AvgIpc) is 2.71. The number of carbonyl (C=O) groups excluding carboxylic acids is 1. The molecule has 154 valence electrons. The maximum Gasteiger partial charge on any atom is 0.416 e. The van der Waals surface area contributed by atoms with Crippen molar-refractivity contribution < 1.29 is 32.6 Å². The van der Waals surface area contributed by atoms with Crippen LogP contribution in [0.1, 0.15) is 15.9 Å². The molecule has 1 aliphatic heterocycles. The Balaban J connectivity index is 1.55. The third-order valence-electron chi connectivity index (χ3n) is 4.63. The fourth-order valence-corrected chi connectivity index (χ4v) is 3.13. The van der Waals surface area contributed by atoms with E-state index in [4.69, 9.17) is 4.74 Å². The number of carbonyl (C=O) groups is 2. The SMILES string of the molecule is O=C(O)c1ccccc1N1CCN(C(=O)COc2cccc(C(F)(F)F)c2)CC1. The van der Waals surface area contributed by atoms with Gasteiger partial charge in [-0.25, -0.2) is 4.79 Å². The summed E-state index contributed by atoms with van der Waals surface area (Å²) in [4.78, 5) is 27.1. The summed E-state index contributed by atoms with van der Waals surface area (Å²) in [6.07, 6.45) is -4.48. The van der Waals surface area contributed by atoms with Crippen LogP contribution in [0, 0.1) is 0 Å². The van der Waals surface area contributed by atoms with Gasteiger partial charge in [0, 0.05) is 26.2 Å². The predicted molar refractivity (Wildman–Crippen MR) is 99.1 cm³/mol. The second kappa shape index (κ2) is 8.42. The van der Waals surface area contributed by atoms with Gasteiger partial charge in [-0.15, -0.1) is 0 Å². The highest BCUT2D eigenvalue weighted by Crippen LogP contribution is 2.31. The Bertz CT molecular complexity index is 893. The van der Waals surface area contributed by atoms with Crippen LogP contribution >= 0.6 is 0 Å². The number of amides is 1. The number of hydrogen-bond acceptors (Lipinski definition) is 4. The lowest BCUT2D eigenvalue weighted by molar-refractivity contribution is -0.137. The first-order valence-corrected chi connectivity index (χ1v) is 8.91. The van der Waals surface area contributed by atoms with E-state index < -0.39 is 17.7 Å². The molecule has 1 heterocycles. The van der Waals surface area contributed by atoms with Gasteiger partial charge in [-0.3, -0.25) is 4.79 Å². The van der Waals surface area contributed by atoms with Crippen molar-refractivity contribution in [1.82, 2.24) is 4.90 Å². The summed E-state index contributed by atoms with van der Waals surface area (Å²) < 4.78 is 43.5. The maximum atomic E-state index is 12.7. The number of carboxylic acid groups (broad SMARTS) is 1. The minimum absolute atomic E-state index is 0.0257. The van der Waals surface area contributed by atoms with Gasteiger partial charge in [-0.1, -0.05) is 18.2 Å². The molecule has 2 aromatic rings. The molecule has 0 aromatic heterocycles. The molecule has 0 bridgehead atoms. The van der Waals surface area contributed by atoms with E-state index in [0.717, 1.165) is 12.1 Å². The zero-order chi connectivity index (χ0) is 21.0. The first kappa shape index (κ1) is 20.5. The molecule has 1 saturated heterocycles. The molecule has 0 unspecified atom stereocenters. The van der Waals surface area contributed by atoms with E-state index in [9.17, 15) is 27.9 Å². The standard InChI is InChI=1S/C20H19F3N2O4/c21-20(22,23)14-4-3-5-15(12-14)29-13-18(26)25-10-8-24(9-11-25)17-7-2-1-6-16(17)19(27)28/h1-7,12H,8-11,13H2,(H,27,28). The van der Waals surface area contributed by atoms with Crippen LogP contribution in [-0.4, -0.2) is 54.7 Å². The third-order valence-corrected chi connectivity index (χ3v) is 4.63. The number of benzene rings is 2. The highest BCUT2D eigenvalue weighted by molar-refractivity contribution is 5.94. The van der Waals surface area contributed by atoms with Crippen LogP contribution in [0.4, 0.5) is 18.9 Å². The molecule has 1 amide bonds. The fraction of sp³-hybridized carbons (Fsp3) is 0.300. The zero-order valence-corrected chi connectivity index (χ0v) is 15.4. The van der Waals surface area contributed by atoms with Crippen molar-refractivity contribution in [2.24, 2.45) is 0 Å². The summed E-state index contributed by atoms with van der Waals surface area (Å²) in [5.74, 6) is -1.38. The normalized spacial score (nSPS) is 14.6. The minimum Gasteiger partial charge on any atom is -0.484 e. The fourth-order valence-electron chi connectivity index (χ4n) is 3.13. The van der Waals surface area contributed by atoms with Gasteiger partial charge >= 0.3 is 12.1 Å². The lowest BCUT2D eigenvalue weighted by Crippen LogP contribution is -2.50. The van der Waals surface area contributed by atoms with Crippen molar-refractivity contribution in [3.05, 3.63) is 59.7 Å². The Hall–Kier alpha value is -3.23. The molecule has 9 heteroatoms. The quantitative estimate of drug-likeness (QED) is 0.823. The van der Waals surface area contributed by atoms with Crippen molar-refractivity contribution in [3.63, 3.8) is 0 Å². The molecule has 29 heavy (non-hydrogen) atoms. The summed E-state index contributed by atoms with van der Waals surface area (Å²) in [6.45, 7) is 1.24. The number of hydrogen-bond donors (Lipinski definition) is 1. The lowest BCUT2D eigenvalue weighted by Gasteiger charge is -2.36. The van der Waals surface area contributed by atoms with E-state index in [2.05, 4.69) is 0 Å². The van der Waals surface area contributed by atoms with Gasteiger partial charge in [0.15, 0.2) is 6.61 Å². The molecule has 1 fully saturated rings. The molecule has 1 aliphatic rings. The van der Waals surface area contributed by atoms with E-state index in [1.54, 1.807) is 23.1 Å². The van der Waals surface area contributed by atoms with Crippen molar-refractivity contribution in [1.29, 1.82) is 0 Å². The van der Waals surface area contributed by atoms with E-state index in [0.29, 0.717) is 31.9 Å². The van der Waals surface area contributed by atoms with Gasteiger partial charge in [-0.05, 0) is 30.3 Å². The number of carboxylic acids is 1. The van der Waals surface area contributed by atoms with Crippen molar-refractivity contribution in [3.8, 4) is 5.75 Å². The van der Waals surface area contributed by atoms with E-state index >= 15 is 0 Å². The van der Waals surface area contributed by atoms with Crippen molar-refractivity contribution >= 4 is 17.6 Å². The minimum atomic E-state index is -4.48. The lowest BCUT2D eigenvalue weighted by atomic mass is 10.1. The van der Waals surface area contributed by atoms with Gasteiger partial charge in [0.2, 0.25) is 0 Å². The van der Waals surface area contributed by atoms with Crippen LogP contribution in [-0.2, 0) is 11.0 Å². The second-order valence-electron chi connectivity index (χ2n) is 6.50. The molecule has 1 N–H and O–H groups in total. The number of halogens is 3. The molecule has 0 aliphatic carbocycles. The first-order valence-electron chi connectivity index (χ1n) is 8.91. The number of piperazine rings is 1. The monoisotopic (exact) mass is 408 g/mol. The van der Waals surface area contributed by atoms with E-state index in [1.165, 1.54) is 18.2 Å². The third kappa shape index (κ3) is 4.98. The Morgan fingerprint density at radius 2 is 1.69 bits per heavy atom. The largest absolute Gasteiger partial charge is 0.484 e. The summed E-state index contributed by atoms with van der Waals surface area (Å²) in [7, 11) is 0. The van der Waals surface area contributed by atoms with Crippen LogP contribution in [0.25, 0.3) is 0 Å². The summed E-state index contributed by atoms with van der Waals surface area (Å²) in [6, 6.07) is 11.0. The Labute approximate surface area is 165 Å². The van der Waals surface area contributed by atoms with Crippen LogP contribution in [0.3, 0.4) is 0 Å². The number of nitrogens with zero attached hydrogens (tertiary/aromatic N) is 2. The number of rotatable bonds is 5. The zero-order valence-electron chi connectivity index (χ0n) is 15.4. The number of alkyl halides is 3. The number of ether oxygens (including phenoxy) is 1. The van der Waals surface area contributed by atoms with Crippen LogP contribution in [0.15, 0.2) is 48.5 Å². The van der Waals surface area contributed by atoms with E-state index in [-0.39, 0.29) is 23.8 Å².